The lowest BCUT2D eigenvalue weighted by molar-refractivity contribution is -0.134. The molecular formula is C23H19N3O3S. The van der Waals surface area contributed by atoms with Crippen LogP contribution >= 0.6 is 11.3 Å². The van der Waals surface area contributed by atoms with Crippen LogP contribution in [0.2, 0.25) is 0 Å². The Morgan fingerprint density at radius 1 is 0.733 bits per heavy atom. The molecule has 1 saturated heterocycles. The lowest BCUT2D eigenvalue weighted by Crippen LogP contribution is -2.52. The van der Waals surface area contributed by atoms with Gasteiger partial charge in [-0.2, -0.15) is 0 Å². The second-order valence-corrected chi connectivity index (χ2v) is 7.85. The van der Waals surface area contributed by atoms with E-state index in [1.54, 1.807) is 6.08 Å². The first-order chi connectivity index (χ1) is 14.5. The van der Waals surface area contributed by atoms with Crippen LogP contribution in [0.3, 0.4) is 0 Å². The van der Waals surface area contributed by atoms with E-state index in [0.717, 1.165) is 31.1 Å². The van der Waals surface area contributed by atoms with Crippen molar-refractivity contribution in [3.63, 3.8) is 0 Å². The van der Waals surface area contributed by atoms with E-state index in [1.807, 2.05) is 72.8 Å². The number of barbiturate groups is 1. The number of para-hydroxylation sites is 2. The lowest BCUT2D eigenvalue weighted by Gasteiger charge is -2.28. The van der Waals surface area contributed by atoms with Crippen molar-refractivity contribution in [3.8, 4) is 0 Å². The molecule has 30 heavy (non-hydrogen) atoms. The molecule has 3 aromatic rings. The van der Waals surface area contributed by atoms with Crippen LogP contribution in [0.1, 0.15) is 4.88 Å². The highest BCUT2D eigenvalue weighted by Crippen LogP contribution is 2.39. The number of anilines is 3. The summed E-state index contributed by atoms with van der Waals surface area (Å²) in [4.78, 5) is 41.6. The number of hydrogen-bond donors (Lipinski definition) is 0. The van der Waals surface area contributed by atoms with E-state index >= 15 is 0 Å². The summed E-state index contributed by atoms with van der Waals surface area (Å²) in [5.74, 6) is -1.19. The van der Waals surface area contributed by atoms with Crippen molar-refractivity contribution in [2.75, 3.05) is 19.0 Å². The average Bonchev–Trinajstić information content (AvgIpc) is 3.24. The van der Waals surface area contributed by atoms with Crippen molar-refractivity contribution in [3.05, 3.63) is 83.2 Å². The van der Waals surface area contributed by atoms with E-state index in [9.17, 15) is 14.4 Å². The maximum absolute atomic E-state index is 12.5. The molecule has 0 saturated carbocycles. The summed E-state index contributed by atoms with van der Waals surface area (Å²) in [5.41, 5.74) is 1.97. The molecule has 0 spiro atoms. The third-order valence-electron chi connectivity index (χ3n) is 4.79. The standard InChI is InChI=1S/C23H19N3O3S/c1-24-21(27)19(22(28)25(2)23(24)29)15-18-13-14-20(30-18)26(16-9-5-3-6-10-16)17-11-7-4-8-12-17/h3-15H,1-2H3. The van der Waals surface area contributed by atoms with E-state index in [1.165, 1.54) is 25.4 Å². The molecule has 6 nitrogen and oxygen atoms in total. The van der Waals surface area contributed by atoms with Gasteiger partial charge in [0, 0.05) is 30.3 Å². The van der Waals surface area contributed by atoms with Gasteiger partial charge in [0.2, 0.25) is 0 Å². The molecule has 7 heteroatoms. The van der Waals surface area contributed by atoms with Gasteiger partial charge in [0.25, 0.3) is 11.8 Å². The minimum Gasteiger partial charge on any atom is -0.302 e. The lowest BCUT2D eigenvalue weighted by atomic mass is 10.1. The van der Waals surface area contributed by atoms with Gasteiger partial charge < -0.3 is 4.90 Å². The first kappa shape index (κ1) is 19.6. The Labute approximate surface area is 178 Å². The highest BCUT2D eigenvalue weighted by atomic mass is 32.1. The van der Waals surface area contributed by atoms with Crippen LogP contribution < -0.4 is 4.90 Å². The number of thiophene rings is 1. The third kappa shape index (κ3) is 3.51. The van der Waals surface area contributed by atoms with Crippen molar-refractivity contribution in [1.29, 1.82) is 0 Å². The van der Waals surface area contributed by atoms with Gasteiger partial charge in [-0.3, -0.25) is 19.4 Å². The van der Waals surface area contributed by atoms with Crippen molar-refractivity contribution < 1.29 is 14.4 Å². The first-order valence-corrected chi connectivity index (χ1v) is 10.1. The number of likely N-dealkylation sites (N-methyl/N-ethyl adjacent to an activating group) is 2. The Balaban J connectivity index is 1.73. The molecule has 4 rings (SSSR count). The molecule has 4 amide bonds. The van der Waals surface area contributed by atoms with Gasteiger partial charge >= 0.3 is 6.03 Å². The summed E-state index contributed by atoms with van der Waals surface area (Å²) in [6.07, 6.45) is 1.55. The van der Waals surface area contributed by atoms with E-state index in [-0.39, 0.29) is 5.57 Å². The second-order valence-electron chi connectivity index (χ2n) is 6.75. The molecule has 0 bridgehead atoms. The fourth-order valence-corrected chi connectivity index (χ4v) is 4.21. The number of hydrogen-bond acceptors (Lipinski definition) is 5. The second kappa shape index (κ2) is 7.96. The highest BCUT2D eigenvalue weighted by Gasteiger charge is 2.37. The summed E-state index contributed by atoms with van der Waals surface area (Å²) in [5, 5.41) is 0.938. The van der Waals surface area contributed by atoms with Crippen LogP contribution in [-0.4, -0.2) is 41.7 Å². The van der Waals surface area contributed by atoms with Crippen LogP contribution in [0.15, 0.2) is 78.4 Å². The highest BCUT2D eigenvalue weighted by molar-refractivity contribution is 7.17. The van der Waals surface area contributed by atoms with Gasteiger partial charge in [-0.25, -0.2) is 4.79 Å². The maximum Gasteiger partial charge on any atom is 0.333 e. The van der Waals surface area contributed by atoms with E-state index < -0.39 is 17.8 Å². The van der Waals surface area contributed by atoms with Crippen LogP contribution in [-0.2, 0) is 9.59 Å². The molecule has 2 heterocycles. The monoisotopic (exact) mass is 417 g/mol. The fraction of sp³-hybridized carbons (Fsp3) is 0.0870. The summed E-state index contributed by atoms with van der Waals surface area (Å²) >= 11 is 1.45. The largest absolute Gasteiger partial charge is 0.333 e. The quantitative estimate of drug-likeness (QED) is 0.458. The number of imide groups is 2. The molecule has 1 aromatic heterocycles. The minimum absolute atomic E-state index is 0.0287. The van der Waals surface area contributed by atoms with Crippen molar-refractivity contribution >= 4 is 51.6 Å². The van der Waals surface area contributed by atoms with Crippen LogP contribution in [0.4, 0.5) is 21.2 Å². The number of nitrogens with zero attached hydrogens (tertiary/aromatic N) is 3. The van der Waals surface area contributed by atoms with Crippen LogP contribution in [0.25, 0.3) is 6.08 Å². The number of carbonyl (C=O) groups excluding carboxylic acids is 3. The Kier molecular flexibility index (Phi) is 5.20. The van der Waals surface area contributed by atoms with Gasteiger partial charge in [-0.15, -0.1) is 11.3 Å². The molecular weight excluding hydrogens is 398 g/mol. The predicted molar refractivity (Wildman–Crippen MR) is 118 cm³/mol. The van der Waals surface area contributed by atoms with Crippen LogP contribution in [0, 0.1) is 0 Å². The van der Waals surface area contributed by atoms with Crippen LogP contribution in [0.5, 0.6) is 0 Å². The number of urea groups is 1. The SMILES string of the molecule is CN1C(=O)C(=Cc2ccc(N(c3ccccc3)c3ccccc3)s2)C(=O)N(C)C1=O. The smallest absolute Gasteiger partial charge is 0.302 e. The predicted octanol–water partition coefficient (Wildman–Crippen LogP) is 4.65. The molecule has 0 unspecified atom stereocenters. The van der Waals surface area contributed by atoms with E-state index in [2.05, 4.69) is 4.90 Å². The maximum atomic E-state index is 12.5. The van der Waals surface area contributed by atoms with Crippen molar-refractivity contribution in [2.24, 2.45) is 0 Å². The minimum atomic E-state index is -0.631. The summed E-state index contributed by atoms with van der Waals surface area (Å²) in [7, 11) is 2.74. The summed E-state index contributed by atoms with van der Waals surface area (Å²) < 4.78 is 0. The first-order valence-electron chi connectivity index (χ1n) is 9.29. The summed E-state index contributed by atoms with van der Waals surface area (Å²) in [6.45, 7) is 0. The number of rotatable bonds is 4. The fourth-order valence-electron chi connectivity index (χ4n) is 3.21. The zero-order valence-corrected chi connectivity index (χ0v) is 17.3. The van der Waals surface area contributed by atoms with Crippen molar-refractivity contribution in [1.82, 2.24) is 9.80 Å². The Hall–Kier alpha value is -3.71. The summed E-state index contributed by atoms with van der Waals surface area (Å²) in [6, 6.07) is 23.1. The zero-order valence-electron chi connectivity index (χ0n) is 16.5. The van der Waals surface area contributed by atoms with Gasteiger partial charge in [-0.05, 0) is 42.5 Å². The zero-order chi connectivity index (χ0) is 21.3. The molecule has 150 valence electrons. The Bertz CT molecular complexity index is 1070. The van der Waals surface area contributed by atoms with E-state index in [4.69, 9.17) is 0 Å². The van der Waals surface area contributed by atoms with Gasteiger partial charge in [0.05, 0.1) is 0 Å². The van der Waals surface area contributed by atoms with Gasteiger partial charge in [-0.1, -0.05) is 36.4 Å². The Morgan fingerprint density at radius 3 is 1.73 bits per heavy atom. The normalized spacial score (nSPS) is 14.3. The molecule has 1 aliphatic rings. The number of carbonyl (C=O) groups is 3. The van der Waals surface area contributed by atoms with Gasteiger partial charge in [0.15, 0.2) is 0 Å². The molecule has 0 N–H and O–H groups in total. The van der Waals surface area contributed by atoms with E-state index in [0.29, 0.717) is 0 Å². The molecule has 1 fully saturated rings. The molecule has 1 aliphatic heterocycles. The Morgan fingerprint density at radius 2 is 1.23 bits per heavy atom. The van der Waals surface area contributed by atoms with Gasteiger partial charge in [0.1, 0.15) is 10.6 Å². The molecule has 2 aromatic carbocycles. The topological polar surface area (TPSA) is 60.9 Å². The number of amides is 4. The molecule has 0 radical (unpaired) electrons. The van der Waals surface area contributed by atoms with Crippen molar-refractivity contribution in [2.45, 2.75) is 0 Å². The molecule has 0 aliphatic carbocycles. The number of benzene rings is 2. The molecule has 0 atom stereocenters. The average molecular weight is 417 g/mol. The third-order valence-corrected chi connectivity index (χ3v) is 5.81.